The first-order valence-electron chi connectivity index (χ1n) is 14.8. The zero-order valence-corrected chi connectivity index (χ0v) is 24.9. The third-order valence-corrected chi connectivity index (χ3v) is 8.68. The maximum Gasteiger partial charge on any atom is 0.332 e. The highest BCUT2D eigenvalue weighted by Gasteiger charge is 2.39. The number of anilines is 3. The van der Waals surface area contributed by atoms with Crippen LogP contribution in [-0.2, 0) is 10.8 Å². The fourth-order valence-electron chi connectivity index (χ4n) is 6.90. The number of fused-ring (bicyclic) bond motifs is 5. The summed E-state index contributed by atoms with van der Waals surface area (Å²) < 4.78 is 2.70. The van der Waals surface area contributed by atoms with Gasteiger partial charge in [-0.25, -0.2) is 0 Å². The lowest BCUT2D eigenvalue weighted by molar-refractivity contribution is 0.592. The molecular weight excluding hydrogens is 495 g/mol. The summed E-state index contributed by atoms with van der Waals surface area (Å²) in [4.78, 5) is 2.43. The molecule has 1 aliphatic heterocycles. The van der Waals surface area contributed by atoms with E-state index < -0.39 is 0 Å². The van der Waals surface area contributed by atoms with Crippen molar-refractivity contribution in [3.05, 3.63) is 126 Å². The Bertz CT molecular complexity index is 1800. The second kappa shape index (κ2) is 9.14. The highest BCUT2D eigenvalue weighted by Crippen LogP contribution is 2.42. The van der Waals surface area contributed by atoms with Gasteiger partial charge in [0, 0.05) is 38.9 Å². The first-order valence-corrected chi connectivity index (χ1v) is 14.8. The smallest absolute Gasteiger partial charge is 0.332 e. The molecule has 6 aromatic rings. The molecule has 202 valence electrons. The maximum atomic E-state index is 2.70. The average molecular weight is 533 g/mol. The van der Waals surface area contributed by atoms with E-state index in [1.807, 2.05) is 0 Å². The highest BCUT2D eigenvalue weighted by molar-refractivity contribution is 6.88. The zero-order chi connectivity index (χ0) is 28.5. The van der Waals surface area contributed by atoms with Gasteiger partial charge in [0.05, 0.1) is 0 Å². The molecule has 0 atom stereocenters. The van der Waals surface area contributed by atoms with Gasteiger partial charge in [0.1, 0.15) is 0 Å². The predicted molar refractivity (Wildman–Crippen MR) is 178 cm³/mol. The molecule has 7 rings (SSSR count). The fraction of sp³-hybridized carbons (Fsp3) is 0.211. The minimum absolute atomic E-state index is 0.0166. The molecule has 41 heavy (non-hydrogen) atoms. The number of hydrogen-bond acceptors (Lipinski definition) is 1. The normalized spacial score (nSPS) is 13.5. The molecule has 0 spiro atoms. The molecule has 2 heterocycles. The van der Waals surface area contributed by atoms with Gasteiger partial charge in [-0.3, -0.25) is 0 Å². The zero-order valence-electron chi connectivity index (χ0n) is 24.9. The minimum atomic E-state index is -0.0166. The molecule has 1 aliphatic rings. The van der Waals surface area contributed by atoms with Crippen LogP contribution >= 0.6 is 0 Å². The van der Waals surface area contributed by atoms with Gasteiger partial charge in [-0.2, -0.15) is 0 Å². The van der Waals surface area contributed by atoms with Crippen LogP contribution < -0.4 is 15.8 Å². The number of rotatable bonds is 2. The third kappa shape index (κ3) is 3.94. The Labute approximate surface area is 244 Å². The molecule has 0 saturated heterocycles. The number of nitrogens with zero attached hydrogens (tertiary/aromatic N) is 2. The fourth-order valence-corrected chi connectivity index (χ4v) is 6.90. The quantitative estimate of drug-likeness (QED) is 0.202. The Balaban J connectivity index is 1.68. The maximum absolute atomic E-state index is 2.70. The van der Waals surface area contributed by atoms with E-state index in [0.29, 0.717) is 0 Å². The number of benzene rings is 5. The van der Waals surface area contributed by atoms with Crippen LogP contribution in [0.5, 0.6) is 0 Å². The lowest BCUT2D eigenvalue weighted by Crippen LogP contribution is -2.55. The van der Waals surface area contributed by atoms with E-state index in [1.165, 1.54) is 60.9 Å². The van der Waals surface area contributed by atoms with Crippen LogP contribution in [-0.4, -0.2) is 11.3 Å². The molecular formula is C38H37BN2. The van der Waals surface area contributed by atoms with E-state index in [9.17, 15) is 0 Å². The molecule has 0 amide bonds. The van der Waals surface area contributed by atoms with Crippen molar-refractivity contribution < 1.29 is 0 Å². The second-order valence-corrected chi connectivity index (χ2v) is 13.5. The average Bonchev–Trinajstić information content (AvgIpc) is 3.29. The first-order chi connectivity index (χ1) is 19.7. The van der Waals surface area contributed by atoms with Gasteiger partial charge in [-0.15, -0.1) is 0 Å². The number of hydrogen-bond donors (Lipinski definition) is 0. The van der Waals surface area contributed by atoms with Crippen LogP contribution in [0.25, 0.3) is 21.8 Å². The Kier molecular flexibility index (Phi) is 5.73. The van der Waals surface area contributed by atoms with E-state index in [1.54, 1.807) is 0 Å². The van der Waals surface area contributed by atoms with Crippen molar-refractivity contribution in [2.45, 2.75) is 52.4 Å². The lowest BCUT2D eigenvalue weighted by Gasteiger charge is -2.38. The second-order valence-electron chi connectivity index (χ2n) is 13.5. The molecule has 0 aliphatic carbocycles. The minimum Gasteiger partial charge on any atom is -0.375 e. The lowest BCUT2D eigenvalue weighted by atomic mass is 9.47. The molecule has 2 nitrogen and oxygen atoms in total. The van der Waals surface area contributed by atoms with E-state index in [-0.39, 0.29) is 17.7 Å². The van der Waals surface area contributed by atoms with Crippen LogP contribution in [0.3, 0.4) is 0 Å². The van der Waals surface area contributed by atoms with Crippen molar-refractivity contribution in [3.8, 4) is 0 Å². The van der Waals surface area contributed by atoms with Crippen molar-refractivity contribution in [1.82, 2.24) is 4.48 Å². The van der Waals surface area contributed by atoms with Gasteiger partial charge in [-0.1, -0.05) is 133 Å². The van der Waals surface area contributed by atoms with Crippen molar-refractivity contribution in [2.75, 3.05) is 4.90 Å². The first kappa shape index (κ1) is 25.7. The van der Waals surface area contributed by atoms with Crippen molar-refractivity contribution in [1.29, 1.82) is 0 Å². The standard InChI is InChI=1S/C38H37BN2/c1-37(2,3)29-20-14-18-27-28-19-15-21-30(38(4,5)6)36(28)41(35(27)29)39-31-22-10-12-24-33(31)40(26-16-8-7-9-17-26)34-25-13-11-23-32(34)39/h7-25H,1-6H3. The van der Waals surface area contributed by atoms with Crippen LogP contribution in [0.2, 0.25) is 0 Å². The van der Waals surface area contributed by atoms with Crippen LogP contribution in [0.1, 0.15) is 52.7 Å². The van der Waals surface area contributed by atoms with E-state index >= 15 is 0 Å². The molecule has 0 fully saturated rings. The summed E-state index contributed by atoms with van der Waals surface area (Å²) in [5.41, 5.74) is 11.7. The SMILES string of the molecule is CC(C)(C)c1cccc2c3cccc(C(C)(C)C)c3n(B3c4ccccc4N(c4ccccc4)c4ccccc43)c12. The van der Waals surface area contributed by atoms with Gasteiger partial charge in [0.15, 0.2) is 0 Å². The Morgan fingerprint density at radius 1 is 0.463 bits per heavy atom. The van der Waals surface area contributed by atoms with Gasteiger partial charge in [-0.05, 0) is 57.1 Å². The molecule has 0 radical (unpaired) electrons. The molecule has 0 saturated carbocycles. The summed E-state index contributed by atoms with van der Waals surface area (Å²) in [6.45, 7) is 14.1. The topological polar surface area (TPSA) is 8.17 Å². The molecule has 3 heteroatoms. The summed E-state index contributed by atoms with van der Waals surface area (Å²) >= 11 is 0. The molecule has 1 aromatic heterocycles. The highest BCUT2D eigenvalue weighted by atomic mass is 15.2. The molecule has 0 unspecified atom stereocenters. The molecule has 0 N–H and O–H groups in total. The van der Waals surface area contributed by atoms with Gasteiger partial charge < -0.3 is 9.38 Å². The van der Waals surface area contributed by atoms with Gasteiger partial charge >= 0.3 is 6.85 Å². The summed E-state index contributed by atoms with van der Waals surface area (Å²) in [7, 11) is 0. The molecule has 0 bridgehead atoms. The summed E-state index contributed by atoms with van der Waals surface area (Å²) in [6.07, 6.45) is 0. The Hall–Kier alpha value is -4.24. The van der Waals surface area contributed by atoms with Crippen LogP contribution in [0.4, 0.5) is 17.1 Å². The van der Waals surface area contributed by atoms with Gasteiger partial charge in [0.2, 0.25) is 0 Å². The Morgan fingerprint density at radius 2 is 0.902 bits per heavy atom. The van der Waals surface area contributed by atoms with E-state index in [2.05, 4.69) is 166 Å². The van der Waals surface area contributed by atoms with Gasteiger partial charge in [0.25, 0.3) is 0 Å². The van der Waals surface area contributed by atoms with Crippen LogP contribution in [0.15, 0.2) is 115 Å². The summed E-state index contributed by atoms with van der Waals surface area (Å²) in [6, 6.07) is 42.6. The van der Waals surface area contributed by atoms with E-state index in [4.69, 9.17) is 0 Å². The van der Waals surface area contributed by atoms with Crippen molar-refractivity contribution >= 4 is 56.6 Å². The van der Waals surface area contributed by atoms with Crippen molar-refractivity contribution in [2.24, 2.45) is 0 Å². The van der Waals surface area contributed by atoms with Crippen LogP contribution in [0, 0.1) is 0 Å². The summed E-state index contributed by atoms with van der Waals surface area (Å²) in [5.74, 6) is 0. The summed E-state index contributed by atoms with van der Waals surface area (Å²) in [5, 5.41) is 2.66. The largest absolute Gasteiger partial charge is 0.375 e. The van der Waals surface area contributed by atoms with E-state index in [0.717, 1.165) is 0 Å². The number of para-hydroxylation sites is 5. The predicted octanol–water partition coefficient (Wildman–Crippen LogP) is 8.83. The molecule has 5 aromatic carbocycles. The van der Waals surface area contributed by atoms with Crippen molar-refractivity contribution in [3.63, 3.8) is 0 Å². The Morgan fingerprint density at radius 3 is 1.37 bits per heavy atom. The monoisotopic (exact) mass is 532 g/mol. The third-order valence-electron chi connectivity index (χ3n) is 8.68. The number of aromatic nitrogens is 1.